The maximum absolute atomic E-state index is 13.2. The van der Waals surface area contributed by atoms with Gasteiger partial charge in [-0.3, -0.25) is 10.1 Å². The van der Waals surface area contributed by atoms with E-state index in [-0.39, 0.29) is 17.8 Å². The first-order valence-electron chi connectivity index (χ1n) is 12.1. The number of carboxylic acids is 1. The maximum atomic E-state index is 13.2. The molecule has 0 atom stereocenters. The van der Waals surface area contributed by atoms with Gasteiger partial charge in [0.2, 0.25) is 0 Å². The average Bonchev–Trinajstić information content (AvgIpc) is 3.47. The molecule has 7 nitrogen and oxygen atoms in total. The molecule has 2 amide bonds. The molecule has 4 rings (SSSR count). The normalized spacial score (nSPS) is 19.4. The number of amides is 2. The Morgan fingerprint density at radius 1 is 1.24 bits per heavy atom. The third-order valence-electron chi connectivity index (χ3n) is 6.61. The first kappa shape index (κ1) is 24.9. The standard InChI is InChI=1S/C25H33N3O4S2/c1-17-6-9-20(10-7-17)28(25(31)27-24-26-15-23(34-24)33-16-22(29)30)12-3-13-32-21-11-8-18-4-2-5-19(18)14-21/h8,11,14-15,17,20H,2-7,9-10,12-13,16H2,1H3,(H,29,30)(H,26,27,31). The fourth-order valence-corrected chi connectivity index (χ4v) is 6.33. The Bertz CT molecular complexity index is 988. The topological polar surface area (TPSA) is 91.8 Å². The van der Waals surface area contributed by atoms with Gasteiger partial charge < -0.3 is 14.7 Å². The zero-order valence-corrected chi connectivity index (χ0v) is 21.3. The number of thioether (sulfide) groups is 1. The van der Waals surface area contributed by atoms with E-state index in [2.05, 4.69) is 35.4 Å². The summed E-state index contributed by atoms with van der Waals surface area (Å²) in [6.45, 7) is 3.47. The number of rotatable bonds is 10. The summed E-state index contributed by atoms with van der Waals surface area (Å²) >= 11 is 2.52. The number of carboxylic acid groups (broad SMARTS) is 1. The molecule has 0 saturated heterocycles. The summed E-state index contributed by atoms with van der Waals surface area (Å²) < 4.78 is 6.79. The number of hydrogen-bond acceptors (Lipinski definition) is 6. The summed E-state index contributed by atoms with van der Waals surface area (Å²) in [6, 6.07) is 6.48. The van der Waals surface area contributed by atoms with Crippen LogP contribution in [0.1, 0.15) is 56.6 Å². The number of ether oxygens (including phenoxy) is 1. The van der Waals surface area contributed by atoms with Crippen LogP contribution in [0.4, 0.5) is 9.93 Å². The van der Waals surface area contributed by atoms with E-state index in [4.69, 9.17) is 9.84 Å². The van der Waals surface area contributed by atoms with E-state index in [1.165, 1.54) is 47.1 Å². The Kier molecular flexibility index (Phi) is 8.72. The van der Waals surface area contributed by atoms with Crippen LogP contribution in [-0.4, -0.2) is 51.9 Å². The Morgan fingerprint density at radius 2 is 2.03 bits per heavy atom. The SMILES string of the molecule is CC1CCC(N(CCCOc2ccc3c(c2)CCC3)C(=O)Nc2ncc(SCC(=O)O)s2)CC1. The van der Waals surface area contributed by atoms with Crippen molar-refractivity contribution in [2.75, 3.05) is 24.2 Å². The van der Waals surface area contributed by atoms with E-state index in [1.54, 1.807) is 6.20 Å². The summed E-state index contributed by atoms with van der Waals surface area (Å²) in [6.07, 6.45) is 10.2. The molecule has 9 heteroatoms. The average molecular weight is 504 g/mol. The van der Waals surface area contributed by atoms with Crippen LogP contribution in [0.5, 0.6) is 5.75 Å². The van der Waals surface area contributed by atoms with Gasteiger partial charge >= 0.3 is 12.0 Å². The molecular formula is C25H33N3O4S2. The van der Waals surface area contributed by atoms with Gasteiger partial charge in [-0.05, 0) is 80.5 Å². The zero-order chi connectivity index (χ0) is 23.9. The minimum absolute atomic E-state index is 0.0216. The molecule has 0 unspecified atom stereocenters. The van der Waals surface area contributed by atoms with Crippen LogP contribution in [0.3, 0.4) is 0 Å². The number of nitrogens with zero attached hydrogens (tertiary/aromatic N) is 2. The van der Waals surface area contributed by atoms with E-state index in [0.29, 0.717) is 24.2 Å². The summed E-state index contributed by atoms with van der Waals surface area (Å²) in [5.41, 5.74) is 2.84. The Labute approximate surface area is 209 Å². The van der Waals surface area contributed by atoms with Gasteiger partial charge in [0.15, 0.2) is 5.13 Å². The van der Waals surface area contributed by atoms with Gasteiger partial charge in [0.1, 0.15) is 5.75 Å². The van der Waals surface area contributed by atoms with Crippen molar-refractivity contribution in [2.24, 2.45) is 5.92 Å². The van der Waals surface area contributed by atoms with Crippen molar-refractivity contribution in [1.29, 1.82) is 0 Å². The third-order valence-corrected chi connectivity index (χ3v) is 8.70. The quantitative estimate of drug-likeness (QED) is 0.320. The molecule has 2 aliphatic rings. The first-order chi connectivity index (χ1) is 16.5. The smallest absolute Gasteiger partial charge is 0.323 e. The molecule has 0 bridgehead atoms. The Balaban J connectivity index is 1.32. The van der Waals surface area contributed by atoms with Gasteiger partial charge in [0.25, 0.3) is 0 Å². The number of aromatic nitrogens is 1. The minimum atomic E-state index is -0.871. The lowest BCUT2D eigenvalue weighted by Gasteiger charge is -2.36. The lowest BCUT2D eigenvalue weighted by molar-refractivity contribution is -0.133. The second kappa shape index (κ2) is 11.9. The summed E-state index contributed by atoms with van der Waals surface area (Å²) in [7, 11) is 0. The molecular weight excluding hydrogens is 470 g/mol. The van der Waals surface area contributed by atoms with Gasteiger partial charge in [-0.15, -0.1) is 11.8 Å². The van der Waals surface area contributed by atoms with Crippen molar-refractivity contribution >= 4 is 40.2 Å². The van der Waals surface area contributed by atoms with Crippen LogP contribution < -0.4 is 10.1 Å². The van der Waals surface area contributed by atoms with Gasteiger partial charge in [-0.1, -0.05) is 24.3 Å². The molecule has 1 saturated carbocycles. The molecule has 1 fully saturated rings. The number of hydrogen-bond donors (Lipinski definition) is 2. The van der Waals surface area contributed by atoms with Gasteiger partial charge in [0.05, 0.1) is 22.8 Å². The van der Waals surface area contributed by atoms with E-state index in [1.807, 2.05) is 4.90 Å². The second-order valence-corrected chi connectivity index (χ2v) is 11.5. The summed E-state index contributed by atoms with van der Waals surface area (Å²) in [5.74, 6) is 0.727. The number of fused-ring (bicyclic) bond motifs is 1. The first-order valence-corrected chi connectivity index (χ1v) is 13.9. The highest BCUT2D eigenvalue weighted by Crippen LogP contribution is 2.31. The van der Waals surface area contributed by atoms with Crippen LogP contribution in [0.25, 0.3) is 0 Å². The molecule has 2 aromatic rings. The van der Waals surface area contributed by atoms with E-state index in [0.717, 1.165) is 48.5 Å². The highest BCUT2D eigenvalue weighted by molar-refractivity contribution is 8.01. The lowest BCUT2D eigenvalue weighted by atomic mass is 9.86. The number of carbonyl (C=O) groups is 2. The lowest BCUT2D eigenvalue weighted by Crippen LogP contribution is -2.45. The largest absolute Gasteiger partial charge is 0.494 e. The number of urea groups is 1. The molecule has 2 N–H and O–H groups in total. The maximum Gasteiger partial charge on any atom is 0.323 e. The minimum Gasteiger partial charge on any atom is -0.494 e. The third kappa shape index (κ3) is 6.88. The molecule has 0 spiro atoms. The van der Waals surface area contributed by atoms with E-state index in [9.17, 15) is 9.59 Å². The summed E-state index contributed by atoms with van der Waals surface area (Å²) in [5, 5.41) is 12.3. The predicted molar refractivity (Wildman–Crippen MR) is 136 cm³/mol. The number of nitrogens with one attached hydrogen (secondary N) is 1. The van der Waals surface area contributed by atoms with Crippen LogP contribution >= 0.6 is 23.1 Å². The molecule has 1 aromatic heterocycles. The number of thiazole rings is 1. The fraction of sp³-hybridized carbons (Fsp3) is 0.560. The highest BCUT2D eigenvalue weighted by Gasteiger charge is 2.28. The number of carbonyl (C=O) groups excluding carboxylic acids is 1. The number of aliphatic carboxylic acids is 1. The molecule has 1 aromatic carbocycles. The monoisotopic (exact) mass is 503 g/mol. The van der Waals surface area contributed by atoms with Crippen LogP contribution in [0.15, 0.2) is 28.6 Å². The van der Waals surface area contributed by atoms with E-state index >= 15 is 0 Å². The van der Waals surface area contributed by atoms with Crippen LogP contribution in [0.2, 0.25) is 0 Å². The van der Waals surface area contributed by atoms with Gasteiger partial charge in [-0.25, -0.2) is 9.78 Å². The van der Waals surface area contributed by atoms with Crippen molar-refractivity contribution in [3.8, 4) is 5.75 Å². The molecule has 0 radical (unpaired) electrons. The second-order valence-electron chi connectivity index (χ2n) is 9.19. The number of aryl methyl sites for hydroxylation is 2. The molecule has 184 valence electrons. The molecule has 0 aliphatic heterocycles. The molecule has 34 heavy (non-hydrogen) atoms. The summed E-state index contributed by atoms with van der Waals surface area (Å²) in [4.78, 5) is 30.2. The van der Waals surface area contributed by atoms with E-state index < -0.39 is 5.97 Å². The highest BCUT2D eigenvalue weighted by atomic mass is 32.2. The Hall–Kier alpha value is -2.26. The van der Waals surface area contributed by atoms with Crippen molar-refractivity contribution in [3.63, 3.8) is 0 Å². The molecule has 1 heterocycles. The Morgan fingerprint density at radius 3 is 2.82 bits per heavy atom. The number of anilines is 1. The van der Waals surface area contributed by atoms with Gasteiger partial charge in [0, 0.05) is 12.6 Å². The van der Waals surface area contributed by atoms with Crippen LogP contribution in [0, 0.1) is 5.92 Å². The fourth-order valence-electron chi connectivity index (χ4n) is 4.75. The number of benzene rings is 1. The van der Waals surface area contributed by atoms with Crippen molar-refractivity contribution in [3.05, 3.63) is 35.5 Å². The van der Waals surface area contributed by atoms with Gasteiger partial charge in [-0.2, -0.15) is 0 Å². The zero-order valence-electron chi connectivity index (χ0n) is 19.6. The van der Waals surface area contributed by atoms with Crippen LogP contribution in [-0.2, 0) is 17.6 Å². The predicted octanol–water partition coefficient (Wildman–Crippen LogP) is 5.69. The molecule has 2 aliphatic carbocycles. The van der Waals surface area contributed by atoms with Crippen molar-refractivity contribution < 1.29 is 19.4 Å². The van der Waals surface area contributed by atoms with Crippen molar-refractivity contribution in [1.82, 2.24) is 9.88 Å². The van der Waals surface area contributed by atoms with Crippen molar-refractivity contribution in [2.45, 2.75) is 68.5 Å².